The van der Waals surface area contributed by atoms with Gasteiger partial charge in [0.1, 0.15) is 11.4 Å². The van der Waals surface area contributed by atoms with Crippen LogP contribution in [0.2, 0.25) is 0 Å². The third kappa shape index (κ3) is 5.97. The number of carbonyl (C=O) groups is 1. The van der Waals surface area contributed by atoms with E-state index in [2.05, 4.69) is 36.1 Å². The van der Waals surface area contributed by atoms with E-state index >= 15 is 0 Å². The Morgan fingerprint density at radius 1 is 1.34 bits per heavy atom. The summed E-state index contributed by atoms with van der Waals surface area (Å²) in [6.45, 7) is 7.68. The highest BCUT2D eigenvalue weighted by atomic mass is 127. The number of halogens is 1. The molecule has 0 saturated carbocycles. The summed E-state index contributed by atoms with van der Waals surface area (Å²) < 4.78 is 7.43. The molecule has 1 aliphatic heterocycles. The monoisotopic (exact) mass is 514 g/mol. The summed E-state index contributed by atoms with van der Waals surface area (Å²) in [5.41, 5.74) is 1.60. The third-order valence-corrected chi connectivity index (χ3v) is 4.70. The van der Waals surface area contributed by atoms with E-state index in [0.29, 0.717) is 13.1 Å². The van der Waals surface area contributed by atoms with E-state index < -0.39 is 5.60 Å². The molecule has 3 rings (SSSR count). The van der Waals surface area contributed by atoms with Crippen molar-refractivity contribution in [3.8, 4) is 0 Å². The summed E-state index contributed by atoms with van der Waals surface area (Å²) in [5.74, 6) is 1.76. The average Bonchev–Trinajstić information content (AvgIpc) is 3.19. The Morgan fingerprint density at radius 2 is 2.07 bits per heavy atom. The normalized spacial score (nSPS) is 17.2. The van der Waals surface area contributed by atoms with Crippen molar-refractivity contribution in [2.45, 2.75) is 45.4 Å². The van der Waals surface area contributed by atoms with E-state index in [1.165, 1.54) is 0 Å². The molecular weight excluding hydrogens is 483 g/mol. The zero-order valence-corrected chi connectivity index (χ0v) is 20.1. The van der Waals surface area contributed by atoms with Crippen LogP contribution in [-0.2, 0) is 18.3 Å². The van der Waals surface area contributed by atoms with Crippen molar-refractivity contribution in [2.24, 2.45) is 12.0 Å². The predicted molar refractivity (Wildman–Crippen MR) is 126 cm³/mol. The highest BCUT2D eigenvalue weighted by Gasteiger charge is 2.28. The van der Waals surface area contributed by atoms with Crippen LogP contribution in [0.25, 0.3) is 11.0 Å². The van der Waals surface area contributed by atoms with Gasteiger partial charge in [-0.3, -0.25) is 4.99 Å². The number of rotatable bonds is 3. The molecule has 0 bridgehead atoms. The summed E-state index contributed by atoms with van der Waals surface area (Å²) in [6.07, 6.45) is 0.480. The van der Waals surface area contributed by atoms with Crippen LogP contribution in [-0.4, -0.2) is 58.3 Å². The molecule has 160 valence electrons. The number of ether oxygens (including phenoxy) is 1. The van der Waals surface area contributed by atoms with Gasteiger partial charge in [0.25, 0.3) is 0 Å². The standard InChI is InChI=1S/C20H30N6O2.HI/c1-20(2,3)28-19(27)23-14-10-11-26(13-14)18(21-4)22-12-17-24-15-8-6-7-9-16(15)25(17)5;/h6-9,14H,10-13H2,1-5H3,(H,21,22)(H,23,27);1H. The van der Waals surface area contributed by atoms with Crippen LogP contribution in [0.1, 0.15) is 33.0 Å². The average molecular weight is 514 g/mol. The number of aliphatic imine (C=N–C) groups is 1. The second-order valence-corrected chi connectivity index (χ2v) is 8.05. The first-order valence-electron chi connectivity index (χ1n) is 9.62. The molecule has 1 atom stereocenters. The number of aryl methyl sites for hydroxylation is 1. The molecule has 1 saturated heterocycles. The minimum Gasteiger partial charge on any atom is -0.444 e. The lowest BCUT2D eigenvalue weighted by Crippen LogP contribution is -2.44. The van der Waals surface area contributed by atoms with E-state index in [1.54, 1.807) is 7.05 Å². The van der Waals surface area contributed by atoms with Crippen LogP contribution < -0.4 is 10.6 Å². The lowest BCUT2D eigenvalue weighted by atomic mass is 10.2. The second-order valence-electron chi connectivity index (χ2n) is 8.05. The fourth-order valence-corrected chi connectivity index (χ4v) is 3.39. The lowest BCUT2D eigenvalue weighted by molar-refractivity contribution is 0.0507. The number of amides is 1. The van der Waals surface area contributed by atoms with Gasteiger partial charge in [-0.25, -0.2) is 9.78 Å². The Bertz CT molecular complexity index is 873. The maximum Gasteiger partial charge on any atom is 0.407 e. The highest BCUT2D eigenvalue weighted by Crippen LogP contribution is 2.15. The van der Waals surface area contributed by atoms with E-state index in [1.807, 2.05) is 46.0 Å². The first kappa shape index (κ1) is 23.2. The number of hydrogen-bond donors (Lipinski definition) is 2. The number of benzene rings is 1. The first-order valence-corrected chi connectivity index (χ1v) is 9.62. The lowest BCUT2D eigenvalue weighted by Gasteiger charge is -2.23. The molecule has 1 aromatic carbocycles. The summed E-state index contributed by atoms with van der Waals surface area (Å²) in [7, 11) is 3.79. The van der Waals surface area contributed by atoms with E-state index in [9.17, 15) is 4.79 Å². The van der Waals surface area contributed by atoms with Crippen LogP contribution in [0.4, 0.5) is 4.79 Å². The van der Waals surface area contributed by atoms with Gasteiger partial charge in [0.05, 0.1) is 23.6 Å². The SMILES string of the molecule is CN=C(NCc1nc2ccccc2n1C)N1CCC(NC(=O)OC(C)(C)C)C1.I. The number of nitrogens with one attached hydrogen (secondary N) is 2. The van der Waals surface area contributed by atoms with Crippen LogP contribution in [0, 0.1) is 0 Å². The maximum atomic E-state index is 12.0. The van der Waals surface area contributed by atoms with Gasteiger partial charge >= 0.3 is 6.09 Å². The highest BCUT2D eigenvalue weighted by molar-refractivity contribution is 14.0. The number of nitrogens with zero attached hydrogens (tertiary/aromatic N) is 4. The molecule has 1 amide bonds. The molecule has 2 N–H and O–H groups in total. The Kier molecular flexibility index (Phi) is 7.73. The van der Waals surface area contributed by atoms with Crippen molar-refractivity contribution >= 4 is 47.1 Å². The maximum absolute atomic E-state index is 12.0. The zero-order chi connectivity index (χ0) is 20.3. The van der Waals surface area contributed by atoms with Crippen LogP contribution in [0.15, 0.2) is 29.3 Å². The molecule has 9 heteroatoms. The van der Waals surface area contributed by atoms with Crippen molar-refractivity contribution < 1.29 is 9.53 Å². The van der Waals surface area contributed by atoms with Gasteiger partial charge in [0.2, 0.25) is 0 Å². The van der Waals surface area contributed by atoms with Crippen LogP contribution in [0.3, 0.4) is 0 Å². The topological polar surface area (TPSA) is 83.8 Å². The van der Waals surface area contributed by atoms with Gasteiger partial charge in [-0.1, -0.05) is 12.1 Å². The molecule has 29 heavy (non-hydrogen) atoms. The van der Waals surface area contributed by atoms with Crippen LogP contribution in [0.5, 0.6) is 0 Å². The van der Waals surface area contributed by atoms with E-state index in [4.69, 9.17) is 4.74 Å². The van der Waals surface area contributed by atoms with Crippen molar-refractivity contribution in [2.75, 3.05) is 20.1 Å². The molecule has 0 spiro atoms. The summed E-state index contributed by atoms with van der Waals surface area (Å²) in [5, 5.41) is 6.33. The van der Waals surface area contributed by atoms with Gasteiger partial charge in [-0.05, 0) is 39.3 Å². The van der Waals surface area contributed by atoms with Crippen LogP contribution >= 0.6 is 24.0 Å². The summed E-state index contributed by atoms with van der Waals surface area (Å²) >= 11 is 0. The number of para-hydroxylation sites is 2. The molecule has 1 aliphatic rings. The molecule has 0 aliphatic carbocycles. The molecule has 2 heterocycles. The fraction of sp³-hybridized carbons (Fsp3) is 0.550. The first-order chi connectivity index (χ1) is 13.3. The number of alkyl carbamates (subject to hydrolysis) is 1. The van der Waals surface area contributed by atoms with E-state index in [-0.39, 0.29) is 36.1 Å². The van der Waals surface area contributed by atoms with Crippen molar-refractivity contribution in [1.29, 1.82) is 0 Å². The third-order valence-electron chi connectivity index (χ3n) is 4.70. The molecule has 1 fully saturated rings. The zero-order valence-electron chi connectivity index (χ0n) is 17.7. The molecule has 0 radical (unpaired) electrons. The molecular formula is C20H31IN6O2. The fourth-order valence-electron chi connectivity index (χ4n) is 3.39. The quantitative estimate of drug-likeness (QED) is 0.374. The van der Waals surface area contributed by atoms with Gasteiger partial charge in [-0.15, -0.1) is 24.0 Å². The van der Waals surface area contributed by atoms with Gasteiger partial charge in [0, 0.05) is 27.2 Å². The number of hydrogen-bond acceptors (Lipinski definition) is 4. The Morgan fingerprint density at radius 3 is 2.72 bits per heavy atom. The Labute approximate surface area is 189 Å². The summed E-state index contributed by atoms with van der Waals surface area (Å²) in [4.78, 5) is 23.2. The van der Waals surface area contributed by atoms with Crippen molar-refractivity contribution in [3.05, 3.63) is 30.1 Å². The van der Waals surface area contributed by atoms with Gasteiger partial charge < -0.3 is 24.8 Å². The number of guanidine groups is 1. The number of fused-ring (bicyclic) bond motifs is 1. The minimum atomic E-state index is -0.494. The van der Waals surface area contributed by atoms with Gasteiger partial charge in [0.15, 0.2) is 5.96 Å². The van der Waals surface area contributed by atoms with E-state index in [0.717, 1.165) is 35.8 Å². The predicted octanol–water partition coefficient (Wildman–Crippen LogP) is 2.87. The number of aromatic nitrogens is 2. The summed E-state index contributed by atoms with van der Waals surface area (Å²) in [6, 6.07) is 8.13. The number of likely N-dealkylation sites (tertiary alicyclic amines) is 1. The number of carbonyl (C=O) groups excluding carboxylic acids is 1. The molecule has 1 aromatic heterocycles. The van der Waals surface area contributed by atoms with Crippen molar-refractivity contribution in [3.63, 3.8) is 0 Å². The smallest absolute Gasteiger partial charge is 0.407 e. The molecule has 2 aromatic rings. The Hall–Kier alpha value is -2.04. The van der Waals surface area contributed by atoms with Gasteiger partial charge in [-0.2, -0.15) is 0 Å². The largest absolute Gasteiger partial charge is 0.444 e. The molecule has 1 unspecified atom stereocenters. The minimum absolute atomic E-state index is 0. The second kappa shape index (κ2) is 9.64. The molecule has 8 nitrogen and oxygen atoms in total. The number of imidazole rings is 1. The van der Waals surface area contributed by atoms with Crippen molar-refractivity contribution in [1.82, 2.24) is 25.1 Å². The Balaban J connectivity index is 0.00000300.